The number of halogens is 1. The lowest BCUT2D eigenvalue weighted by Gasteiger charge is -2.14. The van der Waals surface area contributed by atoms with Gasteiger partial charge in [-0.3, -0.25) is 4.98 Å². The minimum Gasteiger partial charge on any atom is -0.306 e. The molecule has 2 nitrogen and oxygen atoms in total. The van der Waals surface area contributed by atoms with Crippen molar-refractivity contribution < 1.29 is 4.39 Å². The normalized spacial score (nSPS) is 12.4. The molecule has 0 amide bonds. The van der Waals surface area contributed by atoms with Gasteiger partial charge in [0.25, 0.3) is 0 Å². The molecule has 2 aromatic rings. The Bertz CT molecular complexity index is 453. The molecular weight excluding hydrogens is 215 g/mol. The molecule has 0 aliphatic carbocycles. The summed E-state index contributed by atoms with van der Waals surface area (Å²) in [6.45, 7) is 2.84. The maximum absolute atomic E-state index is 12.8. The predicted molar refractivity (Wildman–Crippen MR) is 65.9 cm³/mol. The molecule has 0 bridgehead atoms. The van der Waals surface area contributed by atoms with E-state index in [1.54, 1.807) is 24.5 Å². The lowest BCUT2D eigenvalue weighted by Crippen LogP contribution is -2.18. The first kappa shape index (κ1) is 11.7. The fourth-order valence-corrected chi connectivity index (χ4v) is 1.64. The fraction of sp³-hybridized carbons (Fsp3) is 0.214. The van der Waals surface area contributed by atoms with Crippen LogP contribution in [0.5, 0.6) is 0 Å². The van der Waals surface area contributed by atoms with Crippen LogP contribution in [0.2, 0.25) is 0 Å². The van der Waals surface area contributed by atoms with Gasteiger partial charge in [0.15, 0.2) is 0 Å². The second kappa shape index (κ2) is 5.55. The van der Waals surface area contributed by atoms with E-state index in [0.717, 1.165) is 12.1 Å². The van der Waals surface area contributed by atoms with E-state index in [1.807, 2.05) is 12.1 Å². The van der Waals surface area contributed by atoms with Gasteiger partial charge in [-0.1, -0.05) is 12.1 Å². The monoisotopic (exact) mass is 230 g/mol. The molecule has 1 heterocycles. The number of hydrogen-bond donors (Lipinski definition) is 1. The molecular formula is C14H15FN2. The van der Waals surface area contributed by atoms with Gasteiger partial charge in [-0.05, 0) is 42.3 Å². The molecule has 2 rings (SSSR count). The van der Waals surface area contributed by atoms with Crippen LogP contribution in [0.15, 0.2) is 48.8 Å². The highest BCUT2D eigenvalue weighted by Crippen LogP contribution is 2.13. The topological polar surface area (TPSA) is 24.9 Å². The highest BCUT2D eigenvalue weighted by atomic mass is 19.1. The zero-order chi connectivity index (χ0) is 12.1. The first-order chi connectivity index (χ1) is 8.25. The second-order valence-corrected chi connectivity index (χ2v) is 4.01. The molecule has 0 aliphatic rings. The van der Waals surface area contributed by atoms with Crippen molar-refractivity contribution in [2.45, 2.75) is 19.5 Å². The van der Waals surface area contributed by atoms with Gasteiger partial charge in [-0.2, -0.15) is 0 Å². The molecule has 0 saturated heterocycles. The van der Waals surface area contributed by atoms with Crippen molar-refractivity contribution in [1.29, 1.82) is 0 Å². The Morgan fingerprint density at radius 3 is 2.41 bits per heavy atom. The summed E-state index contributed by atoms with van der Waals surface area (Å²) in [4.78, 5) is 3.97. The molecule has 1 aromatic carbocycles. The van der Waals surface area contributed by atoms with E-state index >= 15 is 0 Å². The minimum atomic E-state index is -0.199. The average molecular weight is 230 g/mol. The number of nitrogens with one attached hydrogen (secondary N) is 1. The Labute approximate surface area is 101 Å². The molecule has 1 aromatic heterocycles. The first-order valence-electron chi connectivity index (χ1n) is 5.63. The van der Waals surface area contributed by atoms with Crippen LogP contribution in [0.1, 0.15) is 24.1 Å². The summed E-state index contributed by atoms with van der Waals surface area (Å²) in [5, 5.41) is 3.38. The summed E-state index contributed by atoms with van der Waals surface area (Å²) in [6.07, 6.45) is 3.55. The van der Waals surface area contributed by atoms with Gasteiger partial charge in [-0.25, -0.2) is 4.39 Å². The zero-order valence-corrected chi connectivity index (χ0v) is 9.73. The number of benzene rings is 1. The summed E-state index contributed by atoms with van der Waals surface area (Å²) < 4.78 is 12.8. The van der Waals surface area contributed by atoms with Crippen molar-refractivity contribution in [3.05, 3.63) is 65.7 Å². The van der Waals surface area contributed by atoms with Gasteiger partial charge in [0.05, 0.1) is 0 Å². The van der Waals surface area contributed by atoms with Crippen LogP contribution in [-0.2, 0) is 6.54 Å². The van der Waals surface area contributed by atoms with Gasteiger partial charge in [0, 0.05) is 25.0 Å². The Morgan fingerprint density at radius 1 is 1.12 bits per heavy atom. The Morgan fingerprint density at radius 2 is 1.76 bits per heavy atom. The van der Waals surface area contributed by atoms with E-state index in [9.17, 15) is 4.39 Å². The smallest absolute Gasteiger partial charge is 0.123 e. The van der Waals surface area contributed by atoms with Crippen LogP contribution in [0.25, 0.3) is 0 Å². The number of pyridine rings is 1. The van der Waals surface area contributed by atoms with Crippen molar-refractivity contribution in [2.75, 3.05) is 0 Å². The van der Waals surface area contributed by atoms with Crippen LogP contribution in [0.4, 0.5) is 4.39 Å². The van der Waals surface area contributed by atoms with Crippen molar-refractivity contribution in [3.63, 3.8) is 0 Å². The second-order valence-electron chi connectivity index (χ2n) is 4.01. The maximum Gasteiger partial charge on any atom is 0.123 e. The minimum absolute atomic E-state index is 0.198. The van der Waals surface area contributed by atoms with E-state index in [0.29, 0.717) is 0 Å². The van der Waals surface area contributed by atoms with Gasteiger partial charge in [-0.15, -0.1) is 0 Å². The van der Waals surface area contributed by atoms with E-state index in [1.165, 1.54) is 17.7 Å². The first-order valence-corrected chi connectivity index (χ1v) is 5.63. The molecule has 0 fully saturated rings. The van der Waals surface area contributed by atoms with Crippen LogP contribution in [0, 0.1) is 5.82 Å². The summed E-state index contributed by atoms with van der Waals surface area (Å²) in [5.41, 5.74) is 2.27. The third-order valence-electron chi connectivity index (χ3n) is 2.73. The lowest BCUT2D eigenvalue weighted by molar-refractivity contribution is 0.571. The fourth-order valence-electron chi connectivity index (χ4n) is 1.64. The van der Waals surface area contributed by atoms with Crippen molar-refractivity contribution >= 4 is 0 Å². The summed E-state index contributed by atoms with van der Waals surface area (Å²) in [5.74, 6) is -0.199. The van der Waals surface area contributed by atoms with Crippen molar-refractivity contribution in [1.82, 2.24) is 10.3 Å². The Balaban J connectivity index is 1.93. The van der Waals surface area contributed by atoms with Gasteiger partial charge in [0.1, 0.15) is 5.82 Å². The third-order valence-corrected chi connectivity index (χ3v) is 2.73. The summed E-state index contributed by atoms with van der Waals surface area (Å²) in [7, 11) is 0. The van der Waals surface area contributed by atoms with Crippen molar-refractivity contribution in [2.24, 2.45) is 0 Å². The number of hydrogen-bond acceptors (Lipinski definition) is 2. The largest absolute Gasteiger partial charge is 0.306 e. The Hall–Kier alpha value is -1.74. The Kier molecular flexibility index (Phi) is 3.83. The predicted octanol–water partition coefficient (Wildman–Crippen LogP) is 3.07. The molecule has 17 heavy (non-hydrogen) atoms. The molecule has 0 spiro atoms. The van der Waals surface area contributed by atoms with Gasteiger partial charge in [0.2, 0.25) is 0 Å². The highest BCUT2D eigenvalue weighted by Gasteiger charge is 2.04. The van der Waals surface area contributed by atoms with E-state index in [4.69, 9.17) is 0 Å². The number of rotatable bonds is 4. The third kappa shape index (κ3) is 3.36. The van der Waals surface area contributed by atoms with E-state index < -0.39 is 0 Å². The molecule has 3 heteroatoms. The molecule has 0 aliphatic heterocycles. The van der Waals surface area contributed by atoms with Crippen LogP contribution in [-0.4, -0.2) is 4.98 Å². The maximum atomic E-state index is 12.8. The van der Waals surface area contributed by atoms with Crippen molar-refractivity contribution in [3.8, 4) is 0 Å². The standard InChI is InChI=1S/C14H15FN2/c1-11(13-2-4-14(15)5-3-13)17-10-12-6-8-16-9-7-12/h2-9,11,17H,10H2,1H3/t11-/m0/s1. The van der Waals surface area contributed by atoms with Crippen LogP contribution < -0.4 is 5.32 Å². The van der Waals surface area contributed by atoms with Gasteiger partial charge < -0.3 is 5.32 Å². The average Bonchev–Trinajstić information content (AvgIpc) is 2.38. The molecule has 0 saturated carbocycles. The SMILES string of the molecule is C[C@H](NCc1ccncc1)c1ccc(F)cc1. The molecule has 88 valence electrons. The van der Waals surface area contributed by atoms with Crippen LogP contribution >= 0.6 is 0 Å². The lowest BCUT2D eigenvalue weighted by atomic mass is 10.1. The summed E-state index contributed by atoms with van der Waals surface area (Å²) in [6, 6.07) is 10.7. The summed E-state index contributed by atoms with van der Waals surface area (Å²) >= 11 is 0. The van der Waals surface area contributed by atoms with E-state index in [2.05, 4.69) is 17.2 Å². The van der Waals surface area contributed by atoms with Crippen LogP contribution in [0.3, 0.4) is 0 Å². The van der Waals surface area contributed by atoms with E-state index in [-0.39, 0.29) is 11.9 Å². The van der Waals surface area contributed by atoms with Gasteiger partial charge >= 0.3 is 0 Å². The number of nitrogens with zero attached hydrogens (tertiary/aromatic N) is 1. The highest BCUT2D eigenvalue weighted by molar-refractivity contribution is 5.19. The molecule has 0 radical (unpaired) electrons. The zero-order valence-electron chi connectivity index (χ0n) is 9.73. The number of aromatic nitrogens is 1. The molecule has 1 atom stereocenters. The molecule has 0 unspecified atom stereocenters. The quantitative estimate of drug-likeness (QED) is 0.873. The molecule has 1 N–H and O–H groups in total.